The highest BCUT2D eigenvalue weighted by Crippen LogP contribution is 2.25. The van der Waals surface area contributed by atoms with E-state index < -0.39 is 11.7 Å². The Kier molecular flexibility index (Phi) is 6.22. The van der Waals surface area contributed by atoms with Crippen molar-refractivity contribution in [2.45, 2.75) is 4.90 Å². The molecule has 1 aromatic heterocycles. The molecule has 0 unspecified atom stereocenters. The summed E-state index contributed by atoms with van der Waals surface area (Å²) >= 11 is 1.32. The summed E-state index contributed by atoms with van der Waals surface area (Å²) in [5.41, 5.74) is 5.39. The van der Waals surface area contributed by atoms with Crippen LogP contribution in [0.1, 0.15) is 0 Å². The molecule has 27 heavy (non-hydrogen) atoms. The minimum absolute atomic E-state index is 0.112. The first-order valence-electron chi connectivity index (χ1n) is 8.04. The van der Waals surface area contributed by atoms with Gasteiger partial charge in [0.2, 0.25) is 5.91 Å². The molecule has 2 N–H and O–H groups in total. The number of thioether (sulfide) groups is 1. The Morgan fingerprint density at radius 3 is 2.67 bits per heavy atom. The summed E-state index contributed by atoms with van der Waals surface area (Å²) in [5, 5.41) is 0.991. The minimum atomic E-state index is -0.551. The number of amides is 2. The summed E-state index contributed by atoms with van der Waals surface area (Å²) in [5.74, 6) is -1.03. The van der Waals surface area contributed by atoms with E-state index in [9.17, 15) is 14.0 Å². The van der Waals surface area contributed by atoms with Gasteiger partial charge in [0.25, 0.3) is 5.91 Å². The van der Waals surface area contributed by atoms with E-state index in [2.05, 4.69) is 15.8 Å². The molecule has 3 aromatic rings. The number of hydrogen-bond acceptors (Lipinski definition) is 5. The fraction of sp³-hybridized carbons (Fsp3) is 0.105. The third kappa shape index (κ3) is 5.42. The Bertz CT molecular complexity index is 962. The van der Waals surface area contributed by atoms with Gasteiger partial charge in [0.15, 0.2) is 6.61 Å². The van der Waals surface area contributed by atoms with E-state index in [1.54, 1.807) is 6.20 Å². The van der Waals surface area contributed by atoms with Gasteiger partial charge in [0.05, 0.1) is 11.3 Å². The fourth-order valence-electron chi connectivity index (χ4n) is 2.25. The lowest BCUT2D eigenvalue weighted by molar-refractivity contribution is -0.128. The number of carbonyl (C=O) groups is 2. The third-order valence-electron chi connectivity index (χ3n) is 3.46. The number of ether oxygens (including phenoxy) is 1. The Morgan fingerprint density at radius 1 is 1.04 bits per heavy atom. The topological polar surface area (TPSA) is 80.3 Å². The van der Waals surface area contributed by atoms with E-state index in [0.29, 0.717) is 0 Å². The van der Waals surface area contributed by atoms with Crippen molar-refractivity contribution in [1.82, 2.24) is 15.8 Å². The van der Waals surface area contributed by atoms with E-state index in [4.69, 9.17) is 4.74 Å². The van der Waals surface area contributed by atoms with Gasteiger partial charge in [0, 0.05) is 22.5 Å². The van der Waals surface area contributed by atoms with Crippen LogP contribution < -0.4 is 15.6 Å². The summed E-state index contributed by atoms with van der Waals surface area (Å²) in [6.07, 6.45) is 1.70. The summed E-state index contributed by atoms with van der Waals surface area (Å²) in [4.78, 5) is 28.8. The molecule has 0 bridgehead atoms. The molecule has 6 nitrogen and oxygen atoms in total. The van der Waals surface area contributed by atoms with Crippen LogP contribution in [-0.2, 0) is 9.59 Å². The number of fused-ring (bicyclic) bond motifs is 1. The quantitative estimate of drug-likeness (QED) is 0.504. The van der Waals surface area contributed by atoms with Crippen molar-refractivity contribution in [3.63, 3.8) is 0 Å². The van der Waals surface area contributed by atoms with E-state index in [1.807, 2.05) is 30.3 Å². The molecule has 0 fully saturated rings. The lowest BCUT2D eigenvalue weighted by Gasteiger charge is -2.09. The summed E-state index contributed by atoms with van der Waals surface area (Å²) in [7, 11) is 0. The number of hydrogen-bond donors (Lipinski definition) is 2. The van der Waals surface area contributed by atoms with Gasteiger partial charge in [-0.3, -0.25) is 25.4 Å². The van der Waals surface area contributed by atoms with Crippen LogP contribution in [0.4, 0.5) is 4.39 Å². The molecule has 0 aliphatic rings. The second kappa shape index (κ2) is 9.00. The number of carbonyl (C=O) groups excluding carboxylic acids is 2. The number of aromatic nitrogens is 1. The molecule has 0 aliphatic heterocycles. The van der Waals surface area contributed by atoms with Crippen LogP contribution in [0, 0.1) is 5.82 Å². The zero-order valence-electron chi connectivity index (χ0n) is 14.1. The summed E-state index contributed by atoms with van der Waals surface area (Å²) < 4.78 is 18.2. The summed E-state index contributed by atoms with van der Waals surface area (Å²) in [6.45, 7) is -0.343. The number of halogens is 1. The standard InChI is InChI=1S/C19H16FN3O3S/c20-14-6-2-7-15(10-14)26-11-17(24)22-23-18(25)12-27-16-8-1-4-13-5-3-9-21-19(13)16/h1-10H,11-12H2,(H,22,24)(H,23,25). The first-order chi connectivity index (χ1) is 13.1. The first kappa shape index (κ1) is 18.7. The minimum Gasteiger partial charge on any atom is -0.484 e. The molecule has 8 heteroatoms. The normalized spacial score (nSPS) is 10.4. The van der Waals surface area contributed by atoms with Gasteiger partial charge >= 0.3 is 0 Å². The second-order valence-electron chi connectivity index (χ2n) is 5.46. The van der Waals surface area contributed by atoms with Crippen LogP contribution >= 0.6 is 11.8 Å². The fourth-order valence-corrected chi connectivity index (χ4v) is 3.09. The number of pyridine rings is 1. The van der Waals surface area contributed by atoms with Crippen molar-refractivity contribution in [2.75, 3.05) is 12.4 Å². The number of nitrogens with zero attached hydrogens (tertiary/aromatic N) is 1. The van der Waals surface area contributed by atoms with Crippen LogP contribution in [-0.4, -0.2) is 29.2 Å². The van der Waals surface area contributed by atoms with Gasteiger partial charge in [-0.2, -0.15) is 0 Å². The van der Waals surface area contributed by atoms with Gasteiger partial charge in [-0.1, -0.05) is 24.3 Å². The molecule has 0 saturated heterocycles. The lowest BCUT2D eigenvalue weighted by atomic mass is 10.2. The SMILES string of the molecule is O=C(COc1cccc(F)c1)NNC(=O)CSc1cccc2cccnc12. The molecule has 2 amide bonds. The smallest absolute Gasteiger partial charge is 0.276 e. The van der Waals surface area contributed by atoms with E-state index >= 15 is 0 Å². The van der Waals surface area contributed by atoms with Gasteiger partial charge in [-0.15, -0.1) is 11.8 Å². The average Bonchev–Trinajstić information content (AvgIpc) is 2.69. The molecular weight excluding hydrogens is 369 g/mol. The Morgan fingerprint density at radius 2 is 1.81 bits per heavy atom. The second-order valence-corrected chi connectivity index (χ2v) is 6.48. The summed E-state index contributed by atoms with van der Waals surface area (Å²) in [6, 6.07) is 15.0. The number of benzene rings is 2. The van der Waals surface area contributed by atoms with E-state index in [-0.39, 0.29) is 24.0 Å². The molecular formula is C19H16FN3O3S. The number of hydrazine groups is 1. The molecule has 3 rings (SSSR count). The van der Waals surface area contributed by atoms with Gasteiger partial charge < -0.3 is 4.74 Å². The lowest BCUT2D eigenvalue weighted by Crippen LogP contribution is -2.44. The van der Waals surface area contributed by atoms with Crippen LogP contribution in [0.5, 0.6) is 5.75 Å². The Balaban J connectivity index is 1.43. The van der Waals surface area contributed by atoms with Crippen molar-refractivity contribution in [1.29, 1.82) is 0 Å². The zero-order valence-corrected chi connectivity index (χ0v) is 15.0. The maximum absolute atomic E-state index is 13.0. The van der Waals surface area contributed by atoms with E-state index in [1.165, 1.54) is 36.0 Å². The highest BCUT2D eigenvalue weighted by molar-refractivity contribution is 8.00. The highest BCUT2D eigenvalue weighted by Gasteiger charge is 2.08. The molecule has 0 saturated carbocycles. The number of para-hydroxylation sites is 1. The van der Waals surface area contributed by atoms with Gasteiger partial charge in [0.1, 0.15) is 11.6 Å². The van der Waals surface area contributed by atoms with Crippen LogP contribution in [0.3, 0.4) is 0 Å². The maximum atomic E-state index is 13.0. The zero-order chi connectivity index (χ0) is 19.1. The predicted octanol–water partition coefficient (Wildman–Crippen LogP) is 2.69. The van der Waals surface area contributed by atoms with Crippen molar-refractivity contribution < 1.29 is 18.7 Å². The van der Waals surface area contributed by atoms with Crippen molar-refractivity contribution in [3.05, 3.63) is 66.6 Å². The van der Waals surface area contributed by atoms with Crippen LogP contribution in [0.15, 0.2) is 65.7 Å². The molecule has 138 valence electrons. The number of rotatable bonds is 6. The van der Waals surface area contributed by atoms with E-state index in [0.717, 1.165) is 15.8 Å². The van der Waals surface area contributed by atoms with Crippen molar-refractivity contribution in [2.24, 2.45) is 0 Å². The maximum Gasteiger partial charge on any atom is 0.276 e. The average molecular weight is 385 g/mol. The van der Waals surface area contributed by atoms with Crippen LogP contribution in [0.25, 0.3) is 10.9 Å². The Hall–Kier alpha value is -3.13. The monoisotopic (exact) mass is 385 g/mol. The van der Waals surface area contributed by atoms with Crippen LogP contribution in [0.2, 0.25) is 0 Å². The Labute approximate surface area is 159 Å². The third-order valence-corrected chi connectivity index (χ3v) is 4.51. The molecule has 0 spiro atoms. The highest BCUT2D eigenvalue weighted by atomic mass is 32.2. The molecule has 0 atom stereocenters. The molecule has 0 aliphatic carbocycles. The van der Waals surface area contributed by atoms with Crippen molar-refractivity contribution in [3.8, 4) is 5.75 Å². The largest absolute Gasteiger partial charge is 0.484 e. The van der Waals surface area contributed by atoms with Gasteiger partial charge in [-0.05, 0) is 24.3 Å². The molecule has 2 aromatic carbocycles. The molecule has 1 heterocycles. The van der Waals surface area contributed by atoms with Crippen molar-refractivity contribution >= 4 is 34.5 Å². The molecule has 0 radical (unpaired) electrons. The predicted molar refractivity (Wildman–Crippen MR) is 101 cm³/mol. The van der Waals surface area contributed by atoms with Gasteiger partial charge in [-0.25, -0.2) is 4.39 Å². The number of nitrogens with one attached hydrogen (secondary N) is 2. The first-order valence-corrected chi connectivity index (χ1v) is 9.03.